The number of hydrogen-bond acceptors (Lipinski definition) is 5. The molecular formula is C28H18N4O2Pt. The Bertz CT molecular complexity index is 1630. The Morgan fingerprint density at radius 2 is 1.66 bits per heavy atom. The van der Waals surface area contributed by atoms with Crippen LogP contribution in [0.15, 0.2) is 91.5 Å². The summed E-state index contributed by atoms with van der Waals surface area (Å²) in [6.07, 6.45) is 6.78. The van der Waals surface area contributed by atoms with Gasteiger partial charge in [0, 0.05) is 29.9 Å². The summed E-state index contributed by atoms with van der Waals surface area (Å²) >= 11 is 0. The van der Waals surface area contributed by atoms with Crippen molar-refractivity contribution in [2.24, 2.45) is 0 Å². The smallest absolute Gasteiger partial charge is 0.491 e. The first-order chi connectivity index (χ1) is 16.8. The third-order valence-corrected chi connectivity index (χ3v) is 5.58. The monoisotopic (exact) mass is 637 g/mol. The van der Waals surface area contributed by atoms with Gasteiger partial charge in [0.25, 0.3) is 5.88 Å². The average Bonchev–Trinajstić information content (AvgIpc) is 3.23. The van der Waals surface area contributed by atoms with Gasteiger partial charge in [0.05, 0.1) is 13.3 Å². The third-order valence-electron chi connectivity index (χ3n) is 5.58. The fourth-order valence-corrected chi connectivity index (χ4v) is 4.07. The number of aromatic nitrogens is 4. The van der Waals surface area contributed by atoms with Crippen molar-refractivity contribution in [2.75, 3.05) is 7.11 Å². The van der Waals surface area contributed by atoms with Gasteiger partial charge in [-0.15, -0.1) is 18.2 Å². The summed E-state index contributed by atoms with van der Waals surface area (Å²) < 4.78 is 13.4. The van der Waals surface area contributed by atoms with Crippen LogP contribution in [0.4, 0.5) is 0 Å². The molecule has 7 heteroatoms. The normalized spacial score (nSPS) is 10.8. The molecule has 6 aromatic rings. The minimum atomic E-state index is 0. The Morgan fingerprint density at radius 1 is 0.771 bits per heavy atom. The van der Waals surface area contributed by atoms with E-state index in [1.54, 1.807) is 44.0 Å². The molecule has 0 amide bonds. The first kappa shape index (κ1) is 22.8. The SMILES string of the molecule is COc1cccnc1Oc1[c-]c(-c2[c-]c3c(cc2)c2ccccc2n3-c2cnccn2)ccc1.[Pt+2]. The van der Waals surface area contributed by atoms with Gasteiger partial charge >= 0.3 is 21.1 Å². The molecule has 3 aromatic carbocycles. The van der Waals surface area contributed by atoms with Crippen molar-refractivity contribution in [3.05, 3.63) is 104 Å². The van der Waals surface area contributed by atoms with Crippen LogP contribution in [0.3, 0.4) is 0 Å². The maximum Gasteiger partial charge on any atom is 2.00 e. The molecule has 0 aliphatic rings. The minimum Gasteiger partial charge on any atom is -0.491 e. The van der Waals surface area contributed by atoms with E-state index in [4.69, 9.17) is 9.47 Å². The number of nitrogens with zero attached hydrogens (tertiary/aromatic N) is 4. The first-order valence-electron chi connectivity index (χ1n) is 10.7. The summed E-state index contributed by atoms with van der Waals surface area (Å²) in [5.41, 5.74) is 3.71. The van der Waals surface area contributed by atoms with Gasteiger partial charge in [0.1, 0.15) is 0 Å². The second kappa shape index (κ2) is 9.69. The number of ether oxygens (including phenoxy) is 2. The van der Waals surface area contributed by atoms with Crippen LogP contribution in [0, 0.1) is 12.1 Å². The van der Waals surface area contributed by atoms with E-state index in [1.165, 1.54) is 0 Å². The Hall–Kier alpha value is -4.02. The van der Waals surface area contributed by atoms with Crippen molar-refractivity contribution in [3.63, 3.8) is 0 Å². The van der Waals surface area contributed by atoms with E-state index in [9.17, 15) is 0 Å². The van der Waals surface area contributed by atoms with E-state index in [1.807, 2.05) is 36.4 Å². The zero-order chi connectivity index (χ0) is 22.9. The number of hydrogen-bond donors (Lipinski definition) is 0. The molecule has 6 rings (SSSR count). The van der Waals surface area contributed by atoms with E-state index in [2.05, 4.69) is 49.9 Å². The number of para-hydroxylation sites is 1. The number of fused-ring (bicyclic) bond motifs is 3. The van der Waals surface area contributed by atoms with Crippen LogP contribution >= 0.6 is 0 Å². The minimum absolute atomic E-state index is 0. The molecule has 35 heavy (non-hydrogen) atoms. The number of benzene rings is 3. The molecule has 0 fully saturated rings. The number of pyridine rings is 1. The standard InChI is InChI=1S/C28H18N4O2.Pt/c1-33-26-10-5-13-31-28(26)34-21-7-4-6-19(16-21)20-11-12-23-22-8-2-3-9-24(22)32(25(23)17-20)27-18-29-14-15-30-27;/h2-15,18H,1H3;/q-2;+2. The third kappa shape index (κ3) is 4.17. The molecule has 0 spiro atoms. The molecule has 0 bridgehead atoms. The maximum atomic E-state index is 5.96. The summed E-state index contributed by atoms with van der Waals surface area (Å²) in [6.45, 7) is 0. The first-order valence-corrected chi connectivity index (χ1v) is 10.7. The predicted molar refractivity (Wildman–Crippen MR) is 130 cm³/mol. The molecule has 0 saturated carbocycles. The van der Waals surface area contributed by atoms with Crippen LogP contribution in [0.1, 0.15) is 0 Å². The Balaban J connectivity index is 0.00000253. The fourth-order valence-electron chi connectivity index (χ4n) is 4.07. The van der Waals surface area contributed by atoms with Gasteiger partial charge in [-0.25, -0.2) is 21.1 Å². The fraction of sp³-hybridized carbons (Fsp3) is 0.0357. The van der Waals surface area contributed by atoms with Gasteiger partial charge in [0.2, 0.25) is 0 Å². The van der Waals surface area contributed by atoms with Crippen LogP contribution in [0.25, 0.3) is 38.8 Å². The van der Waals surface area contributed by atoms with Crippen LogP contribution in [-0.2, 0) is 21.1 Å². The van der Waals surface area contributed by atoms with Gasteiger partial charge in [-0.05, 0) is 29.1 Å². The van der Waals surface area contributed by atoms with E-state index < -0.39 is 0 Å². The Morgan fingerprint density at radius 3 is 2.51 bits per heavy atom. The summed E-state index contributed by atoms with van der Waals surface area (Å²) in [6, 6.07) is 28.7. The Labute approximate surface area is 216 Å². The molecule has 3 heterocycles. The van der Waals surface area contributed by atoms with Crippen LogP contribution in [0.5, 0.6) is 17.4 Å². The molecular weight excluding hydrogens is 619 g/mol. The molecule has 0 aliphatic carbocycles. The van der Waals surface area contributed by atoms with Crippen LogP contribution in [0.2, 0.25) is 0 Å². The van der Waals surface area contributed by atoms with Crippen LogP contribution in [-0.4, -0.2) is 26.6 Å². The van der Waals surface area contributed by atoms with Gasteiger partial charge in [-0.3, -0.25) is 4.98 Å². The second-order valence-corrected chi connectivity index (χ2v) is 7.59. The molecule has 0 saturated heterocycles. The van der Waals surface area contributed by atoms with E-state index in [0.717, 1.165) is 38.8 Å². The topological polar surface area (TPSA) is 62.1 Å². The summed E-state index contributed by atoms with van der Waals surface area (Å²) in [7, 11) is 1.59. The van der Waals surface area contributed by atoms with Gasteiger partial charge in [-0.2, -0.15) is 24.3 Å². The average molecular weight is 638 g/mol. The summed E-state index contributed by atoms with van der Waals surface area (Å²) in [5.74, 6) is 2.23. The van der Waals surface area contributed by atoms with E-state index in [0.29, 0.717) is 17.4 Å². The quantitative estimate of drug-likeness (QED) is 0.216. The van der Waals surface area contributed by atoms with Gasteiger partial charge in [0.15, 0.2) is 11.6 Å². The molecule has 0 radical (unpaired) electrons. The van der Waals surface area contributed by atoms with E-state index in [-0.39, 0.29) is 21.1 Å². The van der Waals surface area contributed by atoms with E-state index >= 15 is 0 Å². The van der Waals surface area contributed by atoms with Crippen LogP contribution < -0.4 is 9.47 Å². The summed E-state index contributed by atoms with van der Waals surface area (Å²) in [4.78, 5) is 13.1. The molecule has 3 aromatic heterocycles. The van der Waals surface area contributed by atoms with Crippen molar-refractivity contribution >= 4 is 21.8 Å². The maximum absolute atomic E-state index is 5.96. The molecule has 0 atom stereocenters. The second-order valence-electron chi connectivity index (χ2n) is 7.59. The summed E-state index contributed by atoms with van der Waals surface area (Å²) in [5, 5.41) is 2.23. The largest absolute Gasteiger partial charge is 2.00 e. The van der Waals surface area contributed by atoms with Crippen molar-refractivity contribution in [3.8, 4) is 34.3 Å². The number of methoxy groups -OCH3 is 1. The zero-order valence-corrected chi connectivity index (χ0v) is 20.9. The van der Waals surface area contributed by atoms with Gasteiger partial charge < -0.3 is 14.0 Å². The zero-order valence-electron chi connectivity index (χ0n) is 18.6. The predicted octanol–water partition coefficient (Wildman–Crippen LogP) is 6.03. The van der Waals surface area contributed by atoms with Crippen molar-refractivity contribution in [1.29, 1.82) is 0 Å². The molecule has 172 valence electrons. The molecule has 0 unspecified atom stereocenters. The molecule has 6 nitrogen and oxygen atoms in total. The molecule has 0 aliphatic heterocycles. The molecule has 0 N–H and O–H groups in total. The van der Waals surface area contributed by atoms with Gasteiger partial charge in [-0.1, -0.05) is 23.6 Å². The van der Waals surface area contributed by atoms with Crippen molar-refractivity contribution in [1.82, 2.24) is 19.5 Å². The Kier molecular flexibility index (Phi) is 6.30. The van der Waals surface area contributed by atoms with Crippen molar-refractivity contribution < 1.29 is 30.5 Å². The van der Waals surface area contributed by atoms with Crippen molar-refractivity contribution in [2.45, 2.75) is 0 Å². The number of rotatable bonds is 5.